The monoisotopic (exact) mass is 224 g/mol. The van der Waals surface area contributed by atoms with Crippen LogP contribution in [0.4, 0.5) is 0 Å². The molecule has 1 saturated heterocycles. The molecule has 0 spiro atoms. The molecule has 0 bridgehead atoms. The van der Waals surface area contributed by atoms with Crippen LogP contribution in [-0.2, 0) is 6.54 Å². The van der Waals surface area contributed by atoms with E-state index in [9.17, 15) is 0 Å². The number of aryl methyl sites for hydroxylation is 1. The fourth-order valence-corrected chi connectivity index (χ4v) is 1.94. The molecule has 1 aliphatic heterocycles. The van der Waals surface area contributed by atoms with Gasteiger partial charge in [-0.25, -0.2) is 0 Å². The summed E-state index contributed by atoms with van der Waals surface area (Å²) in [6.45, 7) is 5.23. The highest BCUT2D eigenvalue weighted by Gasteiger charge is 2.21. The first-order chi connectivity index (χ1) is 7.16. The molecule has 1 fully saturated rings. The van der Waals surface area contributed by atoms with Crippen LogP contribution in [0.3, 0.4) is 0 Å². The minimum atomic E-state index is 0.685. The Hall–Kier alpha value is -0.570. The van der Waals surface area contributed by atoms with Crippen molar-refractivity contribution in [3.63, 3.8) is 0 Å². The van der Waals surface area contributed by atoms with Crippen LogP contribution in [0.2, 0.25) is 5.02 Å². The molecule has 0 aliphatic carbocycles. The SMILES string of the molecule is Cc1ccc(CN(C)C2CNC2)cc1Cl. The van der Waals surface area contributed by atoms with Gasteiger partial charge < -0.3 is 5.32 Å². The third kappa shape index (κ3) is 2.51. The molecule has 0 aromatic heterocycles. The molecule has 2 nitrogen and oxygen atoms in total. The first-order valence-corrected chi connectivity index (χ1v) is 5.70. The van der Waals surface area contributed by atoms with Gasteiger partial charge in [0.25, 0.3) is 0 Å². The standard InChI is InChI=1S/C12H17ClN2/c1-9-3-4-10(5-12(9)13)8-15(2)11-6-14-7-11/h3-5,11,14H,6-8H2,1-2H3. The molecule has 1 aromatic rings. The molecule has 0 unspecified atom stereocenters. The molecule has 2 rings (SSSR count). The van der Waals surface area contributed by atoms with E-state index in [2.05, 4.69) is 35.5 Å². The van der Waals surface area contributed by atoms with E-state index >= 15 is 0 Å². The van der Waals surface area contributed by atoms with Gasteiger partial charge in [-0.2, -0.15) is 0 Å². The van der Waals surface area contributed by atoms with E-state index in [0.29, 0.717) is 6.04 Å². The zero-order valence-electron chi connectivity index (χ0n) is 9.26. The van der Waals surface area contributed by atoms with Crippen molar-refractivity contribution >= 4 is 11.6 Å². The van der Waals surface area contributed by atoms with E-state index in [4.69, 9.17) is 11.6 Å². The Morgan fingerprint density at radius 1 is 1.47 bits per heavy atom. The van der Waals surface area contributed by atoms with Crippen molar-refractivity contribution in [3.8, 4) is 0 Å². The molecular formula is C12H17ClN2. The molecule has 0 amide bonds. The number of hydrogen-bond donors (Lipinski definition) is 1. The third-order valence-corrected chi connectivity index (χ3v) is 3.46. The second kappa shape index (κ2) is 4.52. The predicted molar refractivity (Wildman–Crippen MR) is 64.3 cm³/mol. The van der Waals surface area contributed by atoms with Crippen LogP contribution in [0.15, 0.2) is 18.2 Å². The maximum Gasteiger partial charge on any atom is 0.0438 e. The summed E-state index contributed by atoms with van der Waals surface area (Å²) in [5, 5.41) is 4.15. The van der Waals surface area contributed by atoms with Crippen molar-refractivity contribution < 1.29 is 0 Å². The van der Waals surface area contributed by atoms with E-state index in [0.717, 1.165) is 30.2 Å². The van der Waals surface area contributed by atoms with E-state index < -0.39 is 0 Å². The van der Waals surface area contributed by atoms with Crippen LogP contribution in [0.25, 0.3) is 0 Å². The van der Waals surface area contributed by atoms with Gasteiger partial charge in [0.2, 0.25) is 0 Å². The van der Waals surface area contributed by atoms with Crippen LogP contribution in [0.5, 0.6) is 0 Å². The molecule has 82 valence electrons. The van der Waals surface area contributed by atoms with Crippen molar-refractivity contribution in [1.82, 2.24) is 10.2 Å². The number of benzene rings is 1. The smallest absolute Gasteiger partial charge is 0.0438 e. The van der Waals surface area contributed by atoms with Crippen LogP contribution in [0, 0.1) is 6.92 Å². The van der Waals surface area contributed by atoms with Crippen molar-refractivity contribution in [2.45, 2.75) is 19.5 Å². The number of halogens is 1. The van der Waals surface area contributed by atoms with Crippen LogP contribution in [0.1, 0.15) is 11.1 Å². The van der Waals surface area contributed by atoms with E-state index in [1.165, 1.54) is 5.56 Å². The highest BCUT2D eigenvalue weighted by Crippen LogP contribution is 2.18. The number of hydrogen-bond acceptors (Lipinski definition) is 2. The number of likely N-dealkylation sites (N-methyl/N-ethyl adjacent to an activating group) is 1. The molecule has 15 heavy (non-hydrogen) atoms. The summed E-state index contributed by atoms with van der Waals surface area (Å²) in [6, 6.07) is 7.00. The lowest BCUT2D eigenvalue weighted by Gasteiger charge is -2.35. The van der Waals surface area contributed by atoms with Gasteiger partial charge in [-0.15, -0.1) is 0 Å². The van der Waals surface area contributed by atoms with Gasteiger partial charge in [-0.3, -0.25) is 4.90 Å². The lowest BCUT2D eigenvalue weighted by Crippen LogP contribution is -2.55. The van der Waals surface area contributed by atoms with E-state index in [1.807, 2.05) is 6.92 Å². The summed E-state index contributed by atoms with van der Waals surface area (Å²) in [5.41, 5.74) is 2.44. The Kier molecular flexibility index (Phi) is 3.29. The lowest BCUT2D eigenvalue weighted by atomic mass is 10.1. The van der Waals surface area contributed by atoms with Gasteiger partial charge >= 0.3 is 0 Å². The van der Waals surface area contributed by atoms with Gasteiger partial charge in [0, 0.05) is 30.7 Å². The fourth-order valence-electron chi connectivity index (χ4n) is 1.74. The molecule has 0 saturated carbocycles. The zero-order valence-corrected chi connectivity index (χ0v) is 10.0. The van der Waals surface area contributed by atoms with Gasteiger partial charge in [0.05, 0.1) is 0 Å². The second-order valence-corrected chi connectivity index (χ2v) is 4.72. The summed E-state index contributed by atoms with van der Waals surface area (Å²) in [7, 11) is 2.17. The van der Waals surface area contributed by atoms with Crippen LogP contribution >= 0.6 is 11.6 Å². The molecule has 3 heteroatoms. The molecule has 1 aliphatic rings. The highest BCUT2D eigenvalue weighted by atomic mass is 35.5. The minimum Gasteiger partial charge on any atom is -0.314 e. The number of nitrogens with zero attached hydrogens (tertiary/aromatic N) is 1. The molecule has 0 radical (unpaired) electrons. The number of rotatable bonds is 3. The average molecular weight is 225 g/mol. The summed E-state index contributed by atoms with van der Waals surface area (Å²) < 4.78 is 0. The Labute approximate surface area is 96.2 Å². The quantitative estimate of drug-likeness (QED) is 0.846. The summed E-state index contributed by atoms with van der Waals surface area (Å²) in [5.74, 6) is 0. The Bertz CT molecular complexity index is 347. The first-order valence-electron chi connectivity index (χ1n) is 5.33. The largest absolute Gasteiger partial charge is 0.314 e. The maximum atomic E-state index is 6.09. The van der Waals surface area contributed by atoms with Crippen molar-refractivity contribution in [2.75, 3.05) is 20.1 Å². The average Bonchev–Trinajstić information content (AvgIpc) is 2.08. The Morgan fingerprint density at radius 2 is 2.20 bits per heavy atom. The van der Waals surface area contributed by atoms with E-state index in [-0.39, 0.29) is 0 Å². The van der Waals surface area contributed by atoms with Gasteiger partial charge in [0.1, 0.15) is 0 Å². The summed E-state index contributed by atoms with van der Waals surface area (Å²) >= 11 is 6.09. The Balaban J connectivity index is 2.00. The summed E-state index contributed by atoms with van der Waals surface area (Å²) in [4.78, 5) is 2.37. The van der Waals surface area contributed by atoms with Gasteiger partial charge in [-0.1, -0.05) is 23.7 Å². The lowest BCUT2D eigenvalue weighted by molar-refractivity contribution is 0.173. The number of nitrogens with one attached hydrogen (secondary N) is 1. The van der Waals surface area contributed by atoms with E-state index in [1.54, 1.807) is 0 Å². The van der Waals surface area contributed by atoms with Gasteiger partial charge in [-0.05, 0) is 31.2 Å². The zero-order chi connectivity index (χ0) is 10.8. The first kappa shape index (κ1) is 10.9. The van der Waals surface area contributed by atoms with Crippen LogP contribution in [-0.4, -0.2) is 31.1 Å². The fraction of sp³-hybridized carbons (Fsp3) is 0.500. The van der Waals surface area contributed by atoms with Crippen molar-refractivity contribution in [2.24, 2.45) is 0 Å². The highest BCUT2D eigenvalue weighted by molar-refractivity contribution is 6.31. The normalized spacial score (nSPS) is 16.8. The Morgan fingerprint density at radius 3 is 2.73 bits per heavy atom. The molecule has 1 aromatic carbocycles. The van der Waals surface area contributed by atoms with Crippen LogP contribution < -0.4 is 5.32 Å². The maximum absolute atomic E-state index is 6.09. The third-order valence-electron chi connectivity index (χ3n) is 3.05. The predicted octanol–water partition coefficient (Wildman–Crippen LogP) is 2.05. The van der Waals surface area contributed by atoms with Gasteiger partial charge in [0.15, 0.2) is 0 Å². The van der Waals surface area contributed by atoms with Crippen molar-refractivity contribution in [3.05, 3.63) is 34.3 Å². The summed E-state index contributed by atoms with van der Waals surface area (Å²) in [6.07, 6.45) is 0. The molecule has 1 N–H and O–H groups in total. The topological polar surface area (TPSA) is 15.3 Å². The molecule has 0 atom stereocenters. The molecular weight excluding hydrogens is 208 g/mol. The molecule has 1 heterocycles. The van der Waals surface area contributed by atoms with Crippen molar-refractivity contribution in [1.29, 1.82) is 0 Å². The minimum absolute atomic E-state index is 0.685. The second-order valence-electron chi connectivity index (χ2n) is 4.31.